The molecule has 0 saturated carbocycles. The van der Waals surface area contributed by atoms with Gasteiger partial charge in [0.25, 0.3) is 15.9 Å². The van der Waals surface area contributed by atoms with E-state index in [2.05, 4.69) is 17.0 Å². The largest absolute Gasteiger partial charge is 0.350 e. The van der Waals surface area contributed by atoms with Crippen molar-refractivity contribution in [3.63, 3.8) is 0 Å². The second-order valence-corrected chi connectivity index (χ2v) is 8.14. The normalized spacial score (nSPS) is 12.6. The van der Waals surface area contributed by atoms with Gasteiger partial charge in [0, 0.05) is 17.3 Å². The number of benzene rings is 1. The van der Waals surface area contributed by atoms with Gasteiger partial charge in [-0.2, -0.15) is 0 Å². The molecule has 1 amide bonds. The molecule has 5 nitrogen and oxygen atoms in total. The summed E-state index contributed by atoms with van der Waals surface area (Å²) in [5.41, 5.74) is 0.934. The van der Waals surface area contributed by atoms with Gasteiger partial charge in [-0.25, -0.2) is 8.42 Å². The zero-order valence-electron chi connectivity index (χ0n) is 13.1. The molecular weight excluding hydrogens is 332 g/mol. The lowest BCUT2D eigenvalue weighted by Gasteiger charge is -2.13. The van der Waals surface area contributed by atoms with E-state index in [4.69, 9.17) is 0 Å². The molecule has 1 aromatic heterocycles. The highest BCUT2D eigenvalue weighted by molar-refractivity contribution is 7.94. The van der Waals surface area contributed by atoms with Crippen molar-refractivity contribution in [1.82, 2.24) is 5.32 Å². The zero-order valence-corrected chi connectivity index (χ0v) is 14.7. The van der Waals surface area contributed by atoms with E-state index < -0.39 is 10.0 Å². The van der Waals surface area contributed by atoms with E-state index in [0.29, 0.717) is 11.3 Å². The van der Waals surface area contributed by atoms with E-state index in [1.807, 2.05) is 6.92 Å². The molecule has 0 aliphatic heterocycles. The number of nitrogens with one attached hydrogen (secondary N) is 2. The van der Waals surface area contributed by atoms with E-state index in [1.54, 1.807) is 41.8 Å². The first-order chi connectivity index (χ1) is 10.9. The first kappa shape index (κ1) is 17.5. The smallest absolute Gasteiger partial charge is 0.271 e. The highest BCUT2D eigenvalue weighted by atomic mass is 32.2. The highest BCUT2D eigenvalue weighted by Gasteiger charge is 2.15. The Hall–Kier alpha value is -1.86. The number of carbonyl (C=O) groups is 1. The summed E-state index contributed by atoms with van der Waals surface area (Å²) >= 11 is 1.15. The van der Waals surface area contributed by atoms with Gasteiger partial charge in [0.15, 0.2) is 0 Å². The summed E-state index contributed by atoms with van der Waals surface area (Å²) in [5.74, 6) is -0.154. The fourth-order valence-corrected chi connectivity index (χ4v) is 4.18. The summed E-state index contributed by atoms with van der Waals surface area (Å²) in [6.45, 7) is 4.03. The lowest BCUT2D eigenvalue weighted by atomic mass is 10.1. The van der Waals surface area contributed by atoms with Crippen molar-refractivity contribution in [1.29, 1.82) is 0 Å². The maximum Gasteiger partial charge on any atom is 0.271 e. The van der Waals surface area contributed by atoms with Crippen molar-refractivity contribution in [2.24, 2.45) is 0 Å². The lowest BCUT2D eigenvalue weighted by molar-refractivity contribution is 0.0938. The predicted octanol–water partition coefficient (Wildman–Crippen LogP) is 3.47. The molecule has 0 fully saturated rings. The first-order valence-corrected chi connectivity index (χ1v) is 9.76. The Morgan fingerprint density at radius 1 is 1.22 bits per heavy atom. The van der Waals surface area contributed by atoms with E-state index in [1.165, 1.54) is 0 Å². The van der Waals surface area contributed by atoms with E-state index >= 15 is 0 Å². The monoisotopic (exact) mass is 352 g/mol. The van der Waals surface area contributed by atoms with Gasteiger partial charge in [0.1, 0.15) is 4.21 Å². The Morgan fingerprint density at radius 2 is 1.91 bits per heavy atom. The van der Waals surface area contributed by atoms with Crippen molar-refractivity contribution in [2.75, 3.05) is 4.72 Å². The van der Waals surface area contributed by atoms with Crippen LogP contribution in [0.5, 0.6) is 0 Å². The van der Waals surface area contributed by atoms with Gasteiger partial charge in [0.2, 0.25) is 0 Å². The summed E-state index contributed by atoms with van der Waals surface area (Å²) in [5, 5.41) is 4.62. The van der Waals surface area contributed by atoms with Crippen LogP contribution < -0.4 is 10.0 Å². The molecule has 1 unspecified atom stereocenters. The number of hydrogen-bond donors (Lipinski definition) is 2. The molecule has 1 atom stereocenters. The number of hydrogen-bond acceptors (Lipinski definition) is 4. The van der Waals surface area contributed by atoms with Crippen LogP contribution in [-0.2, 0) is 10.0 Å². The molecule has 0 bridgehead atoms. The van der Waals surface area contributed by atoms with Crippen LogP contribution in [0.15, 0.2) is 46.0 Å². The lowest BCUT2D eigenvalue weighted by Crippen LogP contribution is -2.32. The highest BCUT2D eigenvalue weighted by Crippen LogP contribution is 2.20. The van der Waals surface area contributed by atoms with Crippen LogP contribution in [0.25, 0.3) is 0 Å². The Labute approximate surface area is 140 Å². The van der Waals surface area contributed by atoms with Crippen molar-refractivity contribution in [2.45, 2.75) is 36.9 Å². The van der Waals surface area contributed by atoms with Gasteiger partial charge in [-0.1, -0.05) is 19.4 Å². The molecule has 0 radical (unpaired) electrons. The van der Waals surface area contributed by atoms with E-state index in [0.717, 1.165) is 24.2 Å². The molecule has 2 rings (SSSR count). The molecule has 0 saturated heterocycles. The van der Waals surface area contributed by atoms with Crippen molar-refractivity contribution in [3.05, 3.63) is 47.3 Å². The van der Waals surface area contributed by atoms with Gasteiger partial charge in [-0.15, -0.1) is 11.3 Å². The number of carbonyl (C=O) groups excluding carboxylic acids is 1. The first-order valence-electron chi connectivity index (χ1n) is 7.39. The number of anilines is 1. The minimum atomic E-state index is -3.56. The molecule has 0 aliphatic carbocycles. The van der Waals surface area contributed by atoms with Crippen LogP contribution in [0.2, 0.25) is 0 Å². The SMILES string of the molecule is CCCC(C)NC(=O)c1ccc(NS(=O)(=O)c2cccs2)cc1. The summed E-state index contributed by atoms with van der Waals surface area (Å²) in [4.78, 5) is 12.1. The van der Waals surface area contributed by atoms with Crippen molar-refractivity contribution in [3.8, 4) is 0 Å². The quantitative estimate of drug-likeness (QED) is 0.801. The van der Waals surface area contributed by atoms with Gasteiger partial charge < -0.3 is 5.32 Å². The maximum atomic E-state index is 12.1. The number of sulfonamides is 1. The molecule has 124 valence electrons. The van der Waals surface area contributed by atoms with Gasteiger partial charge in [0.05, 0.1) is 0 Å². The minimum Gasteiger partial charge on any atom is -0.350 e. The van der Waals surface area contributed by atoms with Crippen LogP contribution in [-0.4, -0.2) is 20.4 Å². The van der Waals surface area contributed by atoms with E-state index in [-0.39, 0.29) is 16.2 Å². The zero-order chi connectivity index (χ0) is 16.9. The van der Waals surface area contributed by atoms with Crippen molar-refractivity contribution >= 4 is 33.0 Å². The van der Waals surface area contributed by atoms with Crippen LogP contribution >= 0.6 is 11.3 Å². The number of rotatable bonds is 7. The van der Waals surface area contributed by atoms with Crippen LogP contribution in [0.3, 0.4) is 0 Å². The topological polar surface area (TPSA) is 75.3 Å². The van der Waals surface area contributed by atoms with Gasteiger partial charge in [-0.3, -0.25) is 9.52 Å². The standard InChI is InChI=1S/C16H20N2O3S2/c1-3-5-12(2)17-16(19)13-7-9-14(10-8-13)18-23(20,21)15-6-4-11-22-15/h4,6-12,18H,3,5H2,1-2H3,(H,17,19). The average molecular weight is 352 g/mol. The molecule has 0 spiro atoms. The molecule has 2 aromatic rings. The van der Waals surface area contributed by atoms with Crippen LogP contribution in [0, 0.1) is 0 Å². The fraction of sp³-hybridized carbons (Fsp3) is 0.312. The summed E-state index contributed by atoms with van der Waals surface area (Å²) in [7, 11) is -3.56. The molecule has 2 N–H and O–H groups in total. The Kier molecular flexibility index (Phi) is 5.79. The minimum absolute atomic E-state index is 0.115. The van der Waals surface area contributed by atoms with Gasteiger partial charge in [-0.05, 0) is 49.1 Å². The Bertz CT molecular complexity index is 738. The summed E-state index contributed by atoms with van der Waals surface area (Å²) in [6, 6.07) is 9.74. The molecule has 7 heteroatoms. The second kappa shape index (κ2) is 7.61. The van der Waals surface area contributed by atoms with Crippen LogP contribution in [0.4, 0.5) is 5.69 Å². The average Bonchev–Trinajstić information content (AvgIpc) is 3.03. The Morgan fingerprint density at radius 3 is 2.48 bits per heavy atom. The number of thiophene rings is 1. The molecule has 23 heavy (non-hydrogen) atoms. The van der Waals surface area contributed by atoms with E-state index in [9.17, 15) is 13.2 Å². The third kappa shape index (κ3) is 4.80. The third-order valence-corrected chi connectivity index (χ3v) is 6.04. The Balaban J connectivity index is 2.04. The summed E-state index contributed by atoms with van der Waals surface area (Å²) < 4.78 is 27.0. The molecule has 0 aliphatic rings. The molecule has 1 aromatic carbocycles. The van der Waals surface area contributed by atoms with Crippen LogP contribution in [0.1, 0.15) is 37.0 Å². The third-order valence-electron chi connectivity index (χ3n) is 3.26. The molecule has 1 heterocycles. The second-order valence-electron chi connectivity index (χ2n) is 5.28. The van der Waals surface area contributed by atoms with Gasteiger partial charge >= 0.3 is 0 Å². The maximum absolute atomic E-state index is 12.1. The molecular formula is C16H20N2O3S2. The fourth-order valence-electron chi connectivity index (χ4n) is 2.12. The predicted molar refractivity (Wildman–Crippen MR) is 93.4 cm³/mol. The number of amides is 1. The summed E-state index contributed by atoms with van der Waals surface area (Å²) in [6.07, 6.45) is 1.93. The van der Waals surface area contributed by atoms with Crippen molar-refractivity contribution < 1.29 is 13.2 Å².